The molecule has 0 aliphatic heterocycles. The van der Waals surface area contributed by atoms with E-state index in [0.717, 1.165) is 37.9 Å². The van der Waals surface area contributed by atoms with Gasteiger partial charge in [-0.05, 0) is 33.1 Å². The molecular formula is C14H25N3O2S. The lowest BCUT2D eigenvalue weighted by Gasteiger charge is -2.28. The Morgan fingerprint density at radius 3 is 2.60 bits per heavy atom. The second-order valence-corrected chi connectivity index (χ2v) is 8.29. The summed E-state index contributed by atoms with van der Waals surface area (Å²) < 4.78 is 25.2. The Labute approximate surface area is 121 Å². The van der Waals surface area contributed by atoms with Crippen molar-refractivity contribution in [1.82, 2.24) is 15.1 Å². The lowest BCUT2D eigenvalue weighted by molar-refractivity contribution is 0.370. The predicted octanol–water partition coefficient (Wildman–Crippen LogP) is 1.48. The number of aryl methyl sites for hydroxylation is 2. The monoisotopic (exact) mass is 299 g/mol. The van der Waals surface area contributed by atoms with Gasteiger partial charge in [-0.3, -0.25) is 4.68 Å². The summed E-state index contributed by atoms with van der Waals surface area (Å²) in [7, 11) is -0.960. The van der Waals surface area contributed by atoms with Crippen molar-refractivity contribution in [2.45, 2.75) is 57.4 Å². The van der Waals surface area contributed by atoms with Gasteiger partial charge in [-0.25, -0.2) is 8.42 Å². The van der Waals surface area contributed by atoms with E-state index in [4.69, 9.17) is 0 Å². The highest BCUT2D eigenvalue weighted by atomic mass is 32.2. The van der Waals surface area contributed by atoms with Crippen molar-refractivity contribution in [3.63, 3.8) is 0 Å². The number of rotatable bonds is 4. The van der Waals surface area contributed by atoms with Gasteiger partial charge in [-0.15, -0.1) is 0 Å². The highest BCUT2D eigenvalue weighted by Gasteiger charge is 2.28. The van der Waals surface area contributed by atoms with Crippen LogP contribution in [0.15, 0.2) is 0 Å². The Morgan fingerprint density at radius 2 is 2.05 bits per heavy atom. The van der Waals surface area contributed by atoms with E-state index in [0.29, 0.717) is 6.04 Å². The minimum absolute atomic E-state index is 0.176. The molecule has 0 saturated heterocycles. The predicted molar refractivity (Wildman–Crippen MR) is 80.4 cm³/mol. The fourth-order valence-corrected chi connectivity index (χ4v) is 4.22. The molecule has 6 heteroatoms. The number of nitrogens with zero attached hydrogens (tertiary/aromatic N) is 2. The number of nitrogens with one attached hydrogen (secondary N) is 1. The molecule has 1 aliphatic rings. The molecule has 0 amide bonds. The maximum absolute atomic E-state index is 11.7. The molecule has 2 rings (SSSR count). The fraction of sp³-hybridized carbons (Fsp3) is 0.786. The Balaban J connectivity index is 1.97. The van der Waals surface area contributed by atoms with E-state index in [9.17, 15) is 8.42 Å². The summed E-state index contributed by atoms with van der Waals surface area (Å²) in [6.07, 6.45) is 4.94. The molecule has 1 N–H and O–H groups in total. The van der Waals surface area contributed by atoms with Gasteiger partial charge in [-0.1, -0.05) is 6.42 Å². The first-order valence-corrected chi connectivity index (χ1v) is 9.16. The molecule has 20 heavy (non-hydrogen) atoms. The Morgan fingerprint density at radius 1 is 1.35 bits per heavy atom. The Hall–Kier alpha value is -0.880. The fourth-order valence-electron chi connectivity index (χ4n) is 3.04. The van der Waals surface area contributed by atoms with Gasteiger partial charge in [0.05, 0.1) is 10.9 Å². The van der Waals surface area contributed by atoms with Gasteiger partial charge in [0.25, 0.3) is 0 Å². The molecule has 0 spiro atoms. The molecular weight excluding hydrogens is 274 g/mol. The molecule has 0 radical (unpaired) electrons. The van der Waals surface area contributed by atoms with Crippen LogP contribution in [-0.2, 0) is 23.4 Å². The summed E-state index contributed by atoms with van der Waals surface area (Å²) in [5, 5.41) is 7.75. The van der Waals surface area contributed by atoms with Gasteiger partial charge < -0.3 is 5.32 Å². The minimum atomic E-state index is -2.91. The smallest absolute Gasteiger partial charge is 0.150 e. The quantitative estimate of drug-likeness (QED) is 0.915. The molecule has 1 saturated carbocycles. The van der Waals surface area contributed by atoms with E-state index in [2.05, 4.69) is 17.3 Å². The van der Waals surface area contributed by atoms with Gasteiger partial charge in [0.2, 0.25) is 0 Å². The number of hydrogen-bond acceptors (Lipinski definition) is 4. The molecule has 1 fully saturated rings. The van der Waals surface area contributed by atoms with Crippen molar-refractivity contribution in [1.29, 1.82) is 0 Å². The van der Waals surface area contributed by atoms with Crippen molar-refractivity contribution in [2.75, 3.05) is 6.26 Å². The van der Waals surface area contributed by atoms with Crippen molar-refractivity contribution >= 4 is 9.84 Å². The van der Waals surface area contributed by atoms with Crippen LogP contribution in [0, 0.1) is 13.8 Å². The molecule has 5 nitrogen and oxygen atoms in total. The minimum Gasteiger partial charge on any atom is -0.310 e. The zero-order chi connectivity index (χ0) is 14.9. The topological polar surface area (TPSA) is 64.0 Å². The van der Waals surface area contributed by atoms with Crippen molar-refractivity contribution in [2.24, 2.45) is 7.05 Å². The van der Waals surface area contributed by atoms with E-state index < -0.39 is 9.84 Å². The summed E-state index contributed by atoms with van der Waals surface area (Å²) in [4.78, 5) is 0. The maximum atomic E-state index is 11.7. The van der Waals surface area contributed by atoms with Crippen molar-refractivity contribution in [3.05, 3.63) is 17.0 Å². The summed E-state index contributed by atoms with van der Waals surface area (Å²) in [5.74, 6) is 0. The van der Waals surface area contributed by atoms with E-state index in [1.807, 2.05) is 18.7 Å². The maximum Gasteiger partial charge on any atom is 0.150 e. The average Bonchev–Trinajstić information content (AvgIpc) is 2.61. The molecule has 1 aliphatic carbocycles. The van der Waals surface area contributed by atoms with Crippen LogP contribution < -0.4 is 5.32 Å². The third-order valence-corrected chi connectivity index (χ3v) is 6.10. The molecule has 2 atom stereocenters. The zero-order valence-electron chi connectivity index (χ0n) is 12.8. The summed E-state index contributed by atoms with van der Waals surface area (Å²) in [6, 6.07) is 0.294. The lowest BCUT2D eigenvalue weighted by atomic mass is 9.94. The normalized spacial score (nSPS) is 24.0. The van der Waals surface area contributed by atoms with Crippen molar-refractivity contribution in [3.8, 4) is 0 Å². The highest BCUT2D eigenvalue weighted by molar-refractivity contribution is 7.91. The molecule has 0 bridgehead atoms. The Bertz CT molecular complexity index is 577. The van der Waals surface area contributed by atoms with Crippen LogP contribution in [0.3, 0.4) is 0 Å². The van der Waals surface area contributed by atoms with Crippen LogP contribution in [0.25, 0.3) is 0 Å². The molecule has 1 aromatic rings. The third-order valence-electron chi connectivity index (χ3n) is 4.46. The van der Waals surface area contributed by atoms with E-state index in [1.54, 1.807) is 0 Å². The van der Waals surface area contributed by atoms with Crippen LogP contribution >= 0.6 is 0 Å². The third kappa shape index (κ3) is 3.41. The van der Waals surface area contributed by atoms with E-state index in [-0.39, 0.29) is 5.25 Å². The summed E-state index contributed by atoms with van der Waals surface area (Å²) in [6.45, 7) is 4.86. The Kier molecular flexibility index (Phi) is 4.54. The zero-order valence-corrected chi connectivity index (χ0v) is 13.6. The summed E-state index contributed by atoms with van der Waals surface area (Å²) >= 11 is 0. The number of aromatic nitrogens is 2. The van der Waals surface area contributed by atoms with Gasteiger partial charge in [0, 0.05) is 37.1 Å². The SMILES string of the molecule is Cc1nn(C)c(C)c1CNC1CCCC(S(C)(=O)=O)C1. The lowest BCUT2D eigenvalue weighted by Crippen LogP contribution is -2.38. The number of sulfone groups is 1. The van der Waals surface area contributed by atoms with Gasteiger partial charge in [-0.2, -0.15) is 5.10 Å². The standard InChI is InChI=1S/C14H25N3O2S/c1-10-14(11(2)17(3)16-10)9-15-12-6-5-7-13(8-12)20(4,18)19/h12-13,15H,5-9H2,1-4H3. The van der Waals surface area contributed by atoms with Crippen LogP contribution in [0.4, 0.5) is 0 Å². The molecule has 1 aromatic heterocycles. The molecule has 0 aromatic carbocycles. The first kappa shape index (κ1) is 15.5. The van der Waals surface area contributed by atoms with Crippen LogP contribution in [-0.4, -0.2) is 35.7 Å². The van der Waals surface area contributed by atoms with E-state index in [1.165, 1.54) is 17.5 Å². The van der Waals surface area contributed by atoms with Gasteiger partial charge in [0.1, 0.15) is 9.84 Å². The summed E-state index contributed by atoms with van der Waals surface area (Å²) in [5.41, 5.74) is 3.45. The van der Waals surface area contributed by atoms with Crippen LogP contribution in [0.1, 0.15) is 42.6 Å². The number of hydrogen-bond donors (Lipinski definition) is 1. The second-order valence-electron chi connectivity index (χ2n) is 5.97. The second kappa shape index (κ2) is 5.85. The van der Waals surface area contributed by atoms with Crippen LogP contribution in [0.5, 0.6) is 0 Å². The van der Waals surface area contributed by atoms with Gasteiger partial charge in [0.15, 0.2) is 0 Å². The first-order valence-electron chi connectivity index (χ1n) is 7.20. The molecule has 2 unspecified atom stereocenters. The largest absolute Gasteiger partial charge is 0.310 e. The average molecular weight is 299 g/mol. The van der Waals surface area contributed by atoms with Gasteiger partial charge >= 0.3 is 0 Å². The molecule has 1 heterocycles. The van der Waals surface area contributed by atoms with E-state index >= 15 is 0 Å². The first-order chi connectivity index (χ1) is 9.29. The van der Waals surface area contributed by atoms with Crippen molar-refractivity contribution < 1.29 is 8.42 Å². The van der Waals surface area contributed by atoms with Crippen LogP contribution in [0.2, 0.25) is 0 Å². The molecule has 114 valence electrons. The highest BCUT2D eigenvalue weighted by Crippen LogP contribution is 2.24.